The lowest BCUT2D eigenvalue weighted by Gasteiger charge is -2.41. The van der Waals surface area contributed by atoms with Crippen LogP contribution in [0.5, 0.6) is 0 Å². The van der Waals surface area contributed by atoms with Crippen LogP contribution in [-0.2, 0) is 5.92 Å². The van der Waals surface area contributed by atoms with Crippen LogP contribution in [0, 0.1) is 5.41 Å². The van der Waals surface area contributed by atoms with Crippen molar-refractivity contribution in [2.24, 2.45) is 5.41 Å². The molecule has 0 saturated carbocycles. The van der Waals surface area contributed by atoms with Gasteiger partial charge in [0.25, 0.3) is 5.92 Å². The number of aromatic nitrogens is 1. The van der Waals surface area contributed by atoms with E-state index in [1.165, 1.54) is 6.07 Å². The van der Waals surface area contributed by atoms with Gasteiger partial charge in [-0.1, -0.05) is 19.9 Å². The summed E-state index contributed by atoms with van der Waals surface area (Å²) < 4.78 is 26.1. The molecule has 1 aromatic rings. The molecule has 1 N–H and O–H groups in total. The molecule has 1 fully saturated rings. The second kappa shape index (κ2) is 4.57. The van der Waals surface area contributed by atoms with Gasteiger partial charge in [0.1, 0.15) is 5.69 Å². The molecule has 1 aliphatic heterocycles. The summed E-state index contributed by atoms with van der Waals surface area (Å²) in [4.78, 5) is 3.88. The first-order valence-corrected chi connectivity index (χ1v) is 6.35. The minimum atomic E-state index is -2.86. The highest BCUT2D eigenvalue weighted by atomic mass is 19.3. The van der Waals surface area contributed by atoms with E-state index in [1.807, 2.05) is 0 Å². The fourth-order valence-electron chi connectivity index (χ4n) is 2.51. The van der Waals surface area contributed by atoms with Gasteiger partial charge in [-0.05, 0) is 29.4 Å². The Kier molecular flexibility index (Phi) is 3.41. The number of hydrogen-bond acceptors (Lipinski definition) is 2. The smallest absolute Gasteiger partial charge is 0.286 e. The maximum Gasteiger partial charge on any atom is 0.286 e. The number of rotatable bonds is 4. The summed E-state index contributed by atoms with van der Waals surface area (Å²) in [6.45, 7) is 7.33. The molecule has 0 spiro atoms. The molecule has 100 valence electrons. The highest BCUT2D eigenvalue weighted by Crippen LogP contribution is 2.35. The van der Waals surface area contributed by atoms with E-state index in [4.69, 9.17) is 0 Å². The van der Waals surface area contributed by atoms with E-state index in [9.17, 15) is 8.78 Å². The van der Waals surface area contributed by atoms with Crippen molar-refractivity contribution in [3.63, 3.8) is 0 Å². The van der Waals surface area contributed by atoms with E-state index < -0.39 is 5.92 Å². The van der Waals surface area contributed by atoms with Gasteiger partial charge in [0.15, 0.2) is 0 Å². The summed E-state index contributed by atoms with van der Waals surface area (Å²) in [5.41, 5.74) is 1.22. The lowest BCUT2D eigenvalue weighted by Crippen LogP contribution is -2.51. The number of nitrogens with one attached hydrogen (secondary N) is 1. The third kappa shape index (κ3) is 2.86. The molecular formula is C14H20F2N2. The molecule has 0 bridgehead atoms. The van der Waals surface area contributed by atoms with Gasteiger partial charge in [0, 0.05) is 26.2 Å². The van der Waals surface area contributed by atoms with Crippen LogP contribution in [0.25, 0.3) is 0 Å². The Morgan fingerprint density at radius 1 is 1.44 bits per heavy atom. The minimum Gasteiger partial charge on any atom is -0.316 e. The van der Waals surface area contributed by atoms with Gasteiger partial charge in [-0.25, -0.2) is 0 Å². The molecule has 1 aromatic heterocycles. The van der Waals surface area contributed by atoms with Crippen LogP contribution in [0.15, 0.2) is 18.3 Å². The largest absolute Gasteiger partial charge is 0.316 e. The number of alkyl halides is 2. The average Bonchev–Trinajstić information content (AvgIpc) is 2.26. The van der Waals surface area contributed by atoms with E-state index in [2.05, 4.69) is 24.1 Å². The highest BCUT2D eigenvalue weighted by Gasteiger charge is 2.33. The SMILES string of the molecule is CC(CC1(C)CNC1)c1ccc(C(C)(F)F)nc1. The number of pyridine rings is 1. The van der Waals surface area contributed by atoms with Gasteiger partial charge in [0.2, 0.25) is 0 Å². The number of halogens is 2. The van der Waals surface area contributed by atoms with Crippen LogP contribution in [0.3, 0.4) is 0 Å². The summed E-state index contributed by atoms with van der Waals surface area (Å²) in [5, 5.41) is 3.27. The molecule has 1 aliphatic rings. The maximum atomic E-state index is 13.1. The molecular weight excluding hydrogens is 234 g/mol. The monoisotopic (exact) mass is 254 g/mol. The van der Waals surface area contributed by atoms with Gasteiger partial charge >= 0.3 is 0 Å². The van der Waals surface area contributed by atoms with Gasteiger partial charge in [0.05, 0.1) is 0 Å². The Morgan fingerprint density at radius 3 is 2.50 bits per heavy atom. The van der Waals surface area contributed by atoms with E-state index in [0.29, 0.717) is 11.3 Å². The molecule has 1 unspecified atom stereocenters. The van der Waals surface area contributed by atoms with E-state index >= 15 is 0 Å². The molecule has 1 saturated heterocycles. The lowest BCUT2D eigenvalue weighted by molar-refractivity contribution is 0.0127. The van der Waals surface area contributed by atoms with Gasteiger partial charge in [-0.3, -0.25) is 4.98 Å². The van der Waals surface area contributed by atoms with Crippen LogP contribution in [-0.4, -0.2) is 18.1 Å². The lowest BCUT2D eigenvalue weighted by atomic mass is 9.75. The molecule has 18 heavy (non-hydrogen) atoms. The topological polar surface area (TPSA) is 24.9 Å². The third-order valence-electron chi connectivity index (χ3n) is 3.71. The first-order valence-electron chi connectivity index (χ1n) is 6.35. The first-order chi connectivity index (χ1) is 8.30. The second-order valence-corrected chi connectivity index (χ2v) is 5.88. The van der Waals surface area contributed by atoms with E-state index in [1.54, 1.807) is 12.3 Å². The van der Waals surface area contributed by atoms with Crippen molar-refractivity contribution in [1.29, 1.82) is 0 Å². The fourth-order valence-corrected chi connectivity index (χ4v) is 2.51. The Labute approximate surface area is 107 Å². The average molecular weight is 254 g/mol. The van der Waals surface area contributed by atoms with Crippen molar-refractivity contribution in [3.05, 3.63) is 29.6 Å². The molecule has 4 heteroatoms. The zero-order chi connectivity index (χ0) is 13.4. The summed E-state index contributed by atoms with van der Waals surface area (Å²) in [5.74, 6) is -2.50. The van der Waals surface area contributed by atoms with Crippen molar-refractivity contribution in [3.8, 4) is 0 Å². The Bertz CT molecular complexity index is 405. The van der Waals surface area contributed by atoms with Gasteiger partial charge < -0.3 is 5.32 Å². The van der Waals surface area contributed by atoms with Crippen LogP contribution < -0.4 is 5.32 Å². The maximum absolute atomic E-state index is 13.1. The van der Waals surface area contributed by atoms with E-state index in [0.717, 1.165) is 32.0 Å². The van der Waals surface area contributed by atoms with Crippen molar-refractivity contribution in [2.45, 2.75) is 39.0 Å². The molecule has 2 heterocycles. The molecule has 2 rings (SSSR count). The minimum absolute atomic E-state index is 0.157. The number of nitrogens with zero attached hydrogens (tertiary/aromatic N) is 1. The molecule has 2 nitrogen and oxygen atoms in total. The normalized spacial score (nSPS) is 20.3. The standard InChI is InChI=1S/C14H20F2N2/c1-10(6-13(2)8-17-9-13)11-4-5-12(18-7-11)14(3,15)16/h4-5,7,10,17H,6,8-9H2,1-3H3. The van der Waals surface area contributed by atoms with Crippen LogP contribution in [0.4, 0.5) is 8.78 Å². The first kappa shape index (κ1) is 13.4. The predicted octanol–water partition coefficient (Wildman–Crippen LogP) is 3.30. The van der Waals surface area contributed by atoms with Crippen LogP contribution in [0.1, 0.15) is 44.4 Å². The van der Waals surface area contributed by atoms with Crippen LogP contribution >= 0.6 is 0 Å². The molecule has 0 aromatic carbocycles. The molecule has 1 atom stereocenters. The molecule has 0 aliphatic carbocycles. The van der Waals surface area contributed by atoms with Crippen molar-refractivity contribution < 1.29 is 8.78 Å². The van der Waals surface area contributed by atoms with Crippen molar-refractivity contribution in [1.82, 2.24) is 10.3 Å². The predicted molar refractivity (Wildman–Crippen MR) is 67.8 cm³/mol. The van der Waals surface area contributed by atoms with Crippen molar-refractivity contribution in [2.75, 3.05) is 13.1 Å². The quantitative estimate of drug-likeness (QED) is 0.891. The zero-order valence-corrected chi connectivity index (χ0v) is 11.1. The van der Waals surface area contributed by atoms with Crippen LogP contribution in [0.2, 0.25) is 0 Å². The third-order valence-corrected chi connectivity index (χ3v) is 3.71. The number of hydrogen-bond donors (Lipinski definition) is 1. The molecule has 0 radical (unpaired) electrons. The van der Waals surface area contributed by atoms with E-state index in [-0.39, 0.29) is 5.69 Å². The zero-order valence-electron chi connectivity index (χ0n) is 11.1. The van der Waals surface area contributed by atoms with Crippen molar-refractivity contribution >= 4 is 0 Å². The van der Waals surface area contributed by atoms with Gasteiger partial charge in [-0.2, -0.15) is 8.78 Å². The Morgan fingerprint density at radius 2 is 2.11 bits per heavy atom. The fraction of sp³-hybridized carbons (Fsp3) is 0.643. The molecule has 0 amide bonds. The second-order valence-electron chi connectivity index (χ2n) is 5.88. The Hall–Kier alpha value is -1.03. The Balaban J connectivity index is 2.05. The summed E-state index contributed by atoms with van der Waals surface area (Å²) >= 11 is 0. The summed E-state index contributed by atoms with van der Waals surface area (Å²) in [6.07, 6.45) is 2.65. The highest BCUT2D eigenvalue weighted by molar-refractivity contribution is 5.20. The van der Waals surface area contributed by atoms with Gasteiger partial charge in [-0.15, -0.1) is 0 Å². The summed E-state index contributed by atoms with van der Waals surface area (Å²) in [6, 6.07) is 3.22. The summed E-state index contributed by atoms with van der Waals surface area (Å²) in [7, 11) is 0.